The van der Waals surface area contributed by atoms with Gasteiger partial charge in [0.2, 0.25) is 0 Å². The first-order chi connectivity index (χ1) is 8.61. The van der Waals surface area contributed by atoms with Gasteiger partial charge >= 0.3 is 11.9 Å². The summed E-state index contributed by atoms with van der Waals surface area (Å²) in [6.07, 6.45) is -1.35. The molecule has 1 atom stereocenters. The fraction of sp³-hybridized carbons (Fsp3) is 0.545. The van der Waals surface area contributed by atoms with Crippen LogP contribution < -0.4 is 0 Å². The lowest BCUT2D eigenvalue weighted by Gasteiger charge is -2.18. The normalized spacial score (nSPS) is 12.2. The first kappa shape index (κ1) is 14.6. The molecule has 0 aliphatic rings. The summed E-state index contributed by atoms with van der Waals surface area (Å²) in [5, 5.41) is 11.6. The highest BCUT2D eigenvalue weighted by atomic mass is 32.1. The molecule has 0 bridgehead atoms. The van der Waals surface area contributed by atoms with Crippen LogP contribution >= 0.6 is 11.3 Å². The smallest absolute Gasteiger partial charge is 0.323 e. The number of aliphatic hydroxyl groups is 1. The number of carbonyl (C=O) groups is 2. The average Bonchev–Trinajstić information content (AvgIpc) is 2.83. The number of hydrogen-bond acceptors (Lipinski definition) is 7. The predicted molar refractivity (Wildman–Crippen MR) is 63.8 cm³/mol. The molecular weight excluding hydrogens is 258 g/mol. The van der Waals surface area contributed by atoms with Gasteiger partial charge in [0.1, 0.15) is 6.10 Å². The topological polar surface area (TPSA) is 85.7 Å². The molecule has 0 spiro atoms. The van der Waals surface area contributed by atoms with E-state index in [9.17, 15) is 14.7 Å². The van der Waals surface area contributed by atoms with Crippen molar-refractivity contribution in [3.05, 3.63) is 16.6 Å². The molecular formula is C11H15NO5S. The maximum absolute atomic E-state index is 11.7. The van der Waals surface area contributed by atoms with E-state index in [1.165, 1.54) is 16.8 Å². The summed E-state index contributed by atoms with van der Waals surface area (Å²) < 4.78 is 9.53. The van der Waals surface area contributed by atoms with Crippen molar-refractivity contribution in [3.63, 3.8) is 0 Å². The lowest BCUT2D eigenvalue weighted by atomic mass is 10.0. The molecule has 1 N–H and O–H groups in total. The Labute approximate surface area is 109 Å². The van der Waals surface area contributed by atoms with Gasteiger partial charge in [-0.1, -0.05) is 0 Å². The van der Waals surface area contributed by atoms with Crippen LogP contribution in [0.1, 0.15) is 25.6 Å². The molecule has 0 saturated carbocycles. The third-order valence-electron chi connectivity index (χ3n) is 2.15. The number of aliphatic hydroxyl groups excluding tert-OH is 1. The van der Waals surface area contributed by atoms with E-state index in [-0.39, 0.29) is 18.9 Å². The largest absolute Gasteiger partial charge is 0.465 e. The Morgan fingerprint density at radius 2 is 1.89 bits per heavy atom. The fourth-order valence-electron chi connectivity index (χ4n) is 1.36. The molecule has 0 amide bonds. The highest BCUT2D eigenvalue weighted by Crippen LogP contribution is 2.24. The Kier molecular flexibility index (Phi) is 5.73. The molecule has 0 aromatic carbocycles. The lowest BCUT2D eigenvalue weighted by molar-refractivity contribution is -0.167. The van der Waals surface area contributed by atoms with Crippen LogP contribution in [0.2, 0.25) is 0 Å². The maximum atomic E-state index is 11.7. The quantitative estimate of drug-likeness (QED) is 0.612. The summed E-state index contributed by atoms with van der Waals surface area (Å²) in [5.41, 5.74) is 1.76. The second-order valence-electron chi connectivity index (χ2n) is 3.34. The highest BCUT2D eigenvalue weighted by molar-refractivity contribution is 7.07. The average molecular weight is 273 g/mol. The zero-order valence-corrected chi connectivity index (χ0v) is 11.0. The predicted octanol–water partition coefficient (Wildman–Crippen LogP) is 0.919. The molecule has 0 aliphatic heterocycles. The minimum Gasteiger partial charge on any atom is -0.465 e. The van der Waals surface area contributed by atoms with Crippen molar-refractivity contribution in [1.82, 2.24) is 4.98 Å². The molecule has 0 fully saturated rings. The number of nitrogens with zero attached hydrogens (tertiary/aromatic N) is 1. The van der Waals surface area contributed by atoms with Crippen LogP contribution in [0, 0.1) is 5.92 Å². The molecule has 18 heavy (non-hydrogen) atoms. The number of rotatable bonds is 6. The number of esters is 2. The van der Waals surface area contributed by atoms with E-state index in [1.54, 1.807) is 19.2 Å². The Balaban J connectivity index is 2.89. The number of aromatic nitrogens is 1. The van der Waals surface area contributed by atoms with Crippen LogP contribution in [-0.2, 0) is 19.1 Å². The monoisotopic (exact) mass is 273 g/mol. The van der Waals surface area contributed by atoms with Gasteiger partial charge in [-0.15, -0.1) is 11.3 Å². The van der Waals surface area contributed by atoms with Crippen molar-refractivity contribution in [3.8, 4) is 0 Å². The third kappa shape index (κ3) is 3.51. The zero-order chi connectivity index (χ0) is 13.5. The minimum atomic E-state index is -1.40. The van der Waals surface area contributed by atoms with Crippen molar-refractivity contribution in [2.75, 3.05) is 13.2 Å². The molecule has 1 unspecified atom stereocenters. The fourth-order valence-corrected chi connectivity index (χ4v) is 1.94. The zero-order valence-electron chi connectivity index (χ0n) is 10.2. The van der Waals surface area contributed by atoms with E-state index in [0.29, 0.717) is 0 Å². The Bertz CT molecular complexity index is 374. The summed E-state index contributed by atoms with van der Waals surface area (Å²) in [6, 6.07) is 0. The van der Waals surface area contributed by atoms with E-state index in [2.05, 4.69) is 4.98 Å². The van der Waals surface area contributed by atoms with Gasteiger partial charge in [-0.3, -0.25) is 9.59 Å². The SMILES string of the molecule is CCOC(=O)C(C(=O)OCC)C(O)c1cscn1. The van der Waals surface area contributed by atoms with Gasteiger partial charge in [0, 0.05) is 5.38 Å². The second kappa shape index (κ2) is 7.07. The molecule has 0 radical (unpaired) electrons. The Morgan fingerprint density at radius 3 is 2.28 bits per heavy atom. The van der Waals surface area contributed by atoms with Crippen molar-refractivity contribution in [2.45, 2.75) is 20.0 Å². The van der Waals surface area contributed by atoms with Crippen molar-refractivity contribution in [2.24, 2.45) is 5.92 Å². The van der Waals surface area contributed by atoms with Gasteiger partial charge < -0.3 is 14.6 Å². The molecule has 7 heteroatoms. The second-order valence-corrected chi connectivity index (χ2v) is 4.06. The van der Waals surface area contributed by atoms with Gasteiger partial charge in [-0.25, -0.2) is 4.98 Å². The first-order valence-electron chi connectivity index (χ1n) is 5.51. The van der Waals surface area contributed by atoms with Gasteiger partial charge in [0.05, 0.1) is 24.4 Å². The maximum Gasteiger partial charge on any atom is 0.323 e. The van der Waals surface area contributed by atoms with E-state index in [0.717, 1.165) is 0 Å². The Morgan fingerprint density at radius 1 is 1.33 bits per heavy atom. The van der Waals surface area contributed by atoms with Crippen LogP contribution in [0.25, 0.3) is 0 Å². The molecule has 1 aromatic heterocycles. The summed E-state index contributed by atoms with van der Waals surface area (Å²) >= 11 is 1.26. The third-order valence-corrected chi connectivity index (χ3v) is 2.76. The van der Waals surface area contributed by atoms with Gasteiger partial charge in [-0.2, -0.15) is 0 Å². The summed E-state index contributed by atoms with van der Waals surface area (Å²) in [6.45, 7) is 3.49. The Hall–Kier alpha value is -1.47. The highest BCUT2D eigenvalue weighted by Gasteiger charge is 2.38. The van der Waals surface area contributed by atoms with E-state index >= 15 is 0 Å². The summed E-state index contributed by atoms with van der Waals surface area (Å²) in [4.78, 5) is 27.3. The number of ether oxygens (including phenoxy) is 2. The van der Waals surface area contributed by atoms with Crippen molar-refractivity contribution >= 4 is 23.3 Å². The molecule has 100 valence electrons. The molecule has 6 nitrogen and oxygen atoms in total. The molecule has 1 heterocycles. The lowest BCUT2D eigenvalue weighted by Crippen LogP contribution is -2.33. The van der Waals surface area contributed by atoms with Crippen LogP contribution in [0.15, 0.2) is 10.9 Å². The van der Waals surface area contributed by atoms with Gasteiger partial charge in [-0.05, 0) is 13.8 Å². The van der Waals surface area contributed by atoms with E-state index in [4.69, 9.17) is 9.47 Å². The van der Waals surface area contributed by atoms with Crippen LogP contribution in [0.3, 0.4) is 0 Å². The molecule has 0 saturated heterocycles. The van der Waals surface area contributed by atoms with Gasteiger partial charge in [0.25, 0.3) is 0 Å². The van der Waals surface area contributed by atoms with Crippen LogP contribution in [0.5, 0.6) is 0 Å². The first-order valence-corrected chi connectivity index (χ1v) is 6.45. The molecule has 1 rings (SSSR count). The standard InChI is InChI=1S/C11H15NO5S/c1-3-16-10(14)8(11(15)17-4-2)9(13)7-5-18-6-12-7/h5-6,8-9,13H,3-4H2,1-2H3. The van der Waals surface area contributed by atoms with Gasteiger partial charge in [0.15, 0.2) is 5.92 Å². The van der Waals surface area contributed by atoms with Crippen molar-refractivity contribution in [1.29, 1.82) is 0 Å². The summed E-state index contributed by atoms with van der Waals surface area (Å²) in [5.74, 6) is -3.01. The van der Waals surface area contributed by atoms with Crippen molar-refractivity contribution < 1.29 is 24.2 Å². The number of hydrogen-bond donors (Lipinski definition) is 1. The van der Waals surface area contributed by atoms with Crippen LogP contribution in [-0.4, -0.2) is 35.2 Å². The molecule has 1 aromatic rings. The van der Waals surface area contributed by atoms with E-state index < -0.39 is 24.0 Å². The minimum absolute atomic E-state index is 0.124. The van der Waals surface area contributed by atoms with Crippen LogP contribution in [0.4, 0.5) is 0 Å². The summed E-state index contributed by atoms with van der Waals surface area (Å²) in [7, 11) is 0. The number of thiazole rings is 1. The number of carbonyl (C=O) groups excluding carboxylic acids is 2. The molecule has 0 aliphatic carbocycles. The van der Waals surface area contributed by atoms with E-state index in [1.807, 2.05) is 0 Å².